The Morgan fingerprint density at radius 3 is 2.58 bits per heavy atom. The van der Waals surface area contributed by atoms with Crippen LogP contribution < -0.4 is 9.47 Å². The standard InChI is InChI=1S/C24H27Cl2N3O2/c1-15(2)28-11-9-24(10-12-28)29-21(17-5-4-6-22(30-3)23(17)31-24)14-20(27-29)16-7-8-18(25)19(26)13-16/h4-8,13,15,21H,9-12,14H2,1-3H3. The van der Waals surface area contributed by atoms with E-state index in [1.807, 2.05) is 30.3 Å². The molecular formula is C24H27Cl2N3O2. The predicted octanol–water partition coefficient (Wildman–Crippen LogP) is 5.75. The molecule has 164 valence electrons. The molecule has 3 aliphatic heterocycles. The average molecular weight is 460 g/mol. The molecule has 5 rings (SSSR count). The molecule has 0 N–H and O–H groups in total. The van der Waals surface area contributed by atoms with Crippen molar-refractivity contribution in [3.05, 3.63) is 57.6 Å². The number of benzene rings is 2. The van der Waals surface area contributed by atoms with Crippen molar-refractivity contribution >= 4 is 28.9 Å². The van der Waals surface area contributed by atoms with E-state index in [-0.39, 0.29) is 6.04 Å². The number of hydrazone groups is 1. The number of para-hydroxylation sites is 1. The highest BCUT2D eigenvalue weighted by molar-refractivity contribution is 6.42. The third-order valence-electron chi connectivity index (χ3n) is 6.77. The Balaban J connectivity index is 1.57. The molecule has 2 aromatic carbocycles. The van der Waals surface area contributed by atoms with Crippen LogP contribution in [0.2, 0.25) is 10.0 Å². The summed E-state index contributed by atoms with van der Waals surface area (Å²) < 4.78 is 12.4. The molecule has 0 bridgehead atoms. The molecule has 1 fully saturated rings. The number of halogens is 2. The Kier molecular flexibility index (Phi) is 5.32. The maximum absolute atomic E-state index is 6.77. The molecule has 1 unspecified atom stereocenters. The van der Waals surface area contributed by atoms with E-state index in [1.165, 1.54) is 0 Å². The Morgan fingerprint density at radius 2 is 1.90 bits per heavy atom. The predicted molar refractivity (Wildman–Crippen MR) is 124 cm³/mol. The first-order chi connectivity index (χ1) is 14.9. The molecule has 1 spiro atoms. The van der Waals surface area contributed by atoms with Crippen LogP contribution in [0.4, 0.5) is 0 Å². The summed E-state index contributed by atoms with van der Waals surface area (Å²) in [6.45, 7) is 6.44. The highest BCUT2D eigenvalue weighted by Gasteiger charge is 2.52. The highest BCUT2D eigenvalue weighted by Crippen LogP contribution is 2.52. The number of methoxy groups -OCH3 is 1. The molecule has 2 aromatic rings. The minimum Gasteiger partial charge on any atom is -0.493 e. The quantitative estimate of drug-likeness (QED) is 0.585. The maximum Gasteiger partial charge on any atom is 0.200 e. The van der Waals surface area contributed by atoms with Crippen molar-refractivity contribution in [2.45, 2.75) is 50.9 Å². The van der Waals surface area contributed by atoms with Crippen molar-refractivity contribution in [3.63, 3.8) is 0 Å². The third-order valence-corrected chi connectivity index (χ3v) is 7.51. The average Bonchev–Trinajstić information content (AvgIpc) is 3.23. The zero-order chi connectivity index (χ0) is 21.8. The lowest BCUT2D eigenvalue weighted by Gasteiger charge is -2.51. The van der Waals surface area contributed by atoms with E-state index < -0.39 is 5.72 Å². The number of likely N-dealkylation sites (tertiary alicyclic amines) is 1. The topological polar surface area (TPSA) is 37.3 Å². The molecule has 0 radical (unpaired) electrons. The van der Waals surface area contributed by atoms with Gasteiger partial charge in [-0.05, 0) is 37.6 Å². The first kappa shape index (κ1) is 20.9. The second-order valence-electron chi connectivity index (χ2n) is 8.80. The lowest BCUT2D eigenvalue weighted by molar-refractivity contribution is -0.153. The van der Waals surface area contributed by atoms with Crippen molar-refractivity contribution in [2.75, 3.05) is 20.2 Å². The van der Waals surface area contributed by atoms with E-state index in [4.69, 9.17) is 37.8 Å². The first-order valence-corrected chi connectivity index (χ1v) is 11.6. The van der Waals surface area contributed by atoms with Gasteiger partial charge in [0.05, 0.1) is 28.9 Å². The number of fused-ring (bicyclic) bond motifs is 4. The fourth-order valence-electron chi connectivity index (χ4n) is 5.00. The number of hydrogen-bond acceptors (Lipinski definition) is 5. The summed E-state index contributed by atoms with van der Waals surface area (Å²) in [6.07, 6.45) is 2.56. The van der Waals surface area contributed by atoms with Gasteiger partial charge in [0.15, 0.2) is 11.5 Å². The van der Waals surface area contributed by atoms with Gasteiger partial charge in [-0.15, -0.1) is 0 Å². The minimum absolute atomic E-state index is 0.105. The minimum atomic E-state index is -0.477. The Bertz CT molecular complexity index is 1030. The largest absolute Gasteiger partial charge is 0.493 e. The van der Waals surface area contributed by atoms with Crippen LogP contribution in [0.15, 0.2) is 41.5 Å². The van der Waals surface area contributed by atoms with Gasteiger partial charge in [-0.3, -0.25) is 0 Å². The van der Waals surface area contributed by atoms with E-state index in [0.29, 0.717) is 16.1 Å². The van der Waals surface area contributed by atoms with Gasteiger partial charge in [0.2, 0.25) is 5.72 Å². The van der Waals surface area contributed by atoms with Gasteiger partial charge in [-0.1, -0.05) is 41.4 Å². The molecule has 0 saturated carbocycles. The second-order valence-corrected chi connectivity index (χ2v) is 9.61. The van der Waals surface area contributed by atoms with Gasteiger partial charge in [-0.2, -0.15) is 5.10 Å². The number of nitrogens with zero attached hydrogens (tertiary/aromatic N) is 3. The monoisotopic (exact) mass is 459 g/mol. The van der Waals surface area contributed by atoms with Crippen LogP contribution in [0.25, 0.3) is 0 Å². The van der Waals surface area contributed by atoms with Crippen molar-refractivity contribution in [2.24, 2.45) is 5.10 Å². The molecular weight excluding hydrogens is 433 g/mol. The number of piperidine rings is 1. The molecule has 5 nitrogen and oxygen atoms in total. The molecule has 3 aliphatic rings. The first-order valence-electron chi connectivity index (χ1n) is 10.8. The maximum atomic E-state index is 6.77. The highest BCUT2D eigenvalue weighted by atomic mass is 35.5. The fourth-order valence-corrected chi connectivity index (χ4v) is 5.30. The molecule has 0 amide bonds. The summed E-state index contributed by atoms with van der Waals surface area (Å²) in [5.74, 6) is 1.64. The molecule has 3 heterocycles. The van der Waals surface area contributed by atoms with E-state index in [0.717, 1.165) is 60.7 Å². The molecule has 31 heavy (non-hydrogen) atoms. The van der Waals surface area contributed by atoms with Crippen molar-refractivity contribution < 1.29 is 9.47 Å². The third kappa shape index (κ3) is 3.47. The van der Waals surface area contributed by atoms with Crippen LogP contribution in [-0.4, -0.2) is 47.6 Å². The summed E-state index contributed by atoms with van der Waals surface area (Å²) in [6, 6.07) is 12.5. The van der Waals surface area contributed by atoms with Crippen molar-refractivity contribution in [1.29, 1.82) is 0 Å². The molecule has 7 heteroatoms. The van der Waals surface area contributed by atoms with Crippen molar-refractivity contribution in [1.82, 2.24) is 9.91 Å². The lowest BCUT2D eigenvalue weighted by Crippen LogP contribution is -2.59. The molecule has 0 aliphatic carbocycles. The van der Waals surface area contributed by atoms with Crippen LogP contribution in [0.5, 0.6) is 11.5 Å². The van der Waals surface area contributed by atoms with Gasteiger partial charge >= 0.3 is 0 Å². The van der Waals surface area contributed by atoms with Crippen LogP contribution in [0, 0.1) is 0 Å². The summed E-state index contributed by atoms with van der Waals surface area (Å²) in [7, 11) is 1.70. The summed E-state index contributed by atoms with van der Waals surface area (Å²) >= 11 is 12.5. The van der Waals surface area contributed by atoms with Crippen LogP contribution >= 0.6 is 23.2 Å². The lowest BCUT2D eigenvalue weighted by atomic mass is 9.90. The zero-order valence-electron chi connectivity index (χ0n) is 18.1. The summed E-state index contributed by atoms with van der Waals surface area (Å²) in [5, 5.41) is 8.43. The van der Waals surface area contributed by atoms with Gasteiger partial charge in [0, 0.05) is 44.0 Å². The molecule has 1 atom stereocenters. The SMILES string of the molecule is COc1cccc2c1OC1(CCN(C(C)C)CC1)N1N=C(c3ccc(Cl)c(Cl)c3)CC21. The van der Waals surface area contributed by atoms with E-state index >= 15 is 0 Å². The summed E-state index contributed by atoms with van der Waals surface area (Å²) in [5.41, 5.74) is 2.65. The van der Waals surface area contributed by atoms with Gasteiger partial charge in [-0.25, -0.2) is 5.01 Å². The fraction of sp³-hybridized carbons (Fsp3) is 0.458. The zero-order valence-corrected chi connectivity index (χ0v) is 19.6. The second kappa shape index (κ2) is 7.88. The van der Waals surface area contributed by atoms with Gasteiger partial charge in [0.1, 0.15) is 0 Å². The number of hydrogen-bond donors (Lipinski definition) is 0. The van der Waals surface area contributed by atoms with Crippen LogP contribution in [-0.2, 0) is 0 Å². The van der Waals surface area contributed by atoms with Crippen LogP contribution in [0.3, 0.4) is 0 Å². The smallest absolute Gasteiger partial charge is 0.200 e. The Hall–Kier alpha value is -1.95. The van der Waals surface area contributed by atoms with E-state index in [1.54, 1.807) is 7.11 Å². The molecule has 0 aromatic heterocycles. The van der Waals surface area contributed by atoms with Gasteiger partial charge in [0.25, 0.3) is 0 Å². The Labute approximate surface area is 193 Å². The summed E-state index contributed by atoms with van der Waals surface area (Å²) in [4.78, 5) is 2.50. The van der Waals surface area contributed by atoms with Crippen molar-refractivity contribution in [3.8, 4) is 11.5 Å². The normalized spacial score (nSPS) is 22.2. The number of ether oxygens (including phenoxy) is 2. The number of rotatable bonds is 3. The Morgan fingerprint density at radius 1 is 1.13 bits per heavy atom. The van der Waals surface area contributed by atoms with Gasteiger partial charge < -0.3 is 14.4 Å². The molecule has 1 saturated heterocycles. The van der Waals surface area contributed by atoms with E-state index in [9.17, 15) is 0 Å². The van der Waals surface area contributed by atoms with E-state index in [2.05, 4.69) is 29.8 Å². The van der Waals surface area contributed by atoms with Crippen LogP contribution in [0.1, 0.15) is 50.3 Å².